The summed E-state index contributed by atoms with van der Waals surface area (Å²) in [5.41, 5.74) is 0. The first-order valence-electron chi connectivity index (χ1n) is 6.13. The van der Waals surface area contributed by atoms with Crippen LogP contribution in [-0.4, -0.2) is 36.9 Å². The molecule has 0 atom stereocenters. The fourth-order valence-corrected chi connectivity index (χ4v) is 1.33. The van der Waals surface area contributed by atoms with Gasteiger partial charge in [0.05, 0.1) is 12.6 Å². The number of nitrogens with zero attached hydrogens (tertiary/aromatic N) is 1. The Morgan fingerprint density at radius 3 is 2.94 bits per heavy atom. The maximum atomic E-state index is 11.5. The Morgan fingerprint density at radius 1 is 1.56 bits per heavy atom. The van der Waals surface area contributed by atoms with Gasteiger partial charge in [0, 0.05) is 12.7 Å². The molecule has 6 heteroatoms. The van der Waals surface area contributed by atoms with Crippen LogP contribution in [0.4, 0.5) is 5.82 Å². The van der Waals surface area contributed by atoms with E-state index in [-0.39, 0.29) is 18.6 Å². The third-order valence-corrected chi connectivity index (χ3v) is 2.13. The number of aromatic nitrogens is 1. The van der Waals surface area contributed by atoms with Gasteiger partial charge < -0.3 is 19.9 Å². The molecule has 1 aromatic heterocycles. The van der Waals surface area contributed by atoms with Gasteiger partial charge in [-0.1, -0.05) is 5.16 Å². The van der Waals surface area contributed by atoms with E-state index in [1.807, 2.05) is 13.8 Å². The first-order valence-corrected chi connectivity index (χ1v) is 6.13. The summed E-state index contributed by atoms with van der Waals surface area (Å²) in [6.45, 7) is 7.48. The quantitative estimate of drug-likeness (QED) is 0.685. The van der Waals surface area contributed by atoms with Crippen LogP contribution in [0, 0.1) is 6.92 Å². The van der Waals surface area contributed by atoms with Gasteiger partial charge in [0.1, 0.15) is 5.76 Å². The van der Waals surface area contributed by atoms with Gasteiger partial charge >= 0.3 is 0 Å². The molecule has 1 aromatic rings. The van der Waals surface area contributed by atoms with Crippen molar-refractivity contribution in [2.45, 2.75) is 33.3 Å². The van der Waals surface area contributed by atoms with E-state index in [9.17, 15) is 4.79 Å². The highest BCUT2D eigenvalue weighted by Gasteiger charge is 2.05. The minimum absolute atomic E-state index is 0.131. The summed E-state index contributed by atoms with van der Waals surface area (Å²) in [4.78, 5) is 11.5. The van der Waals surface area contributed by atoms with Crippen molar-refractivity contribution in [2.75, 3.05) is 25.0 Å². The predicted octanol–water partition coefficient (Wildman–Crippen LogP) is 1.33. The molecule has 0 aliphatic heterocycles. The van der Waals surface area contributed by atoms with Gasteiger partial charge in [0.15, 0.2) is 5.82 Å². The highest BCUT2D eigenvalue weighted by atomic mass is 16.5. The third-order valence-electron chi connectivity index (χ3n) is 2.13. The van der Waals surface area contributed by atoms with Gasteiger partial charge in [-0.25, -0.2) is 0 Å². The molecule has 0 saturated heterocycles. The number of anilines is 1. The first kappa shape index (κ1) is 14.7. The molecule has 1 heterocycles. The average molecular weight is 255 g/mol. The van der Waals surface area contributed by atoms with Crippen molar-refractivity contribution in [3.63, 3.8) is 0 Å². The van der Waals surface area contributed by atoms with Crippen molar-refractivity contribution >= 4 is 11.7 Å². The largest absolute Gasteiger partial charge is 0.379 e. The monoisotopic (exact) mass is 255 g/mol. The number of carbonyl (C=O) groups is 1. The van der Waals surface area contributed by atoms with Gasteiger partial charge in [0.2, 0.25) is 5.91 Å². The van der Waals surface area contributed by atoms with Gasteiger partial charge in [-0.15, -0.1) is 0 Å². The molecule has 6 nitrogen and oxygen atoms in total. The van der Waals surface area contributed by atoms with E-state index in [0.717, 1.165) is 13.0 Å². The van der Waals surface area contributed by atoms with Crippen LogP contribution < -0.4 is 10.6 Å². The Balaban J connectivity index is 2.03. The molecular weight excluding hydrogens is 234 g/mol. The number of aryl methyl sites for hydroxylation is 1. The van der Waals surface area contributed by atoms with E-state index in [4.69, 9.17) is 9.26 Å². The van der Waals surface area contributed by atoms with Crippen LogP contribution in [-0.2, 0) is 9.53 Å². The van der Waals surface area contributed by atoms with E-state index in [0.29, 0.717) is 18.2 Å². The summed E-state index contributed by atoms with van der Waals surface area (Å²) in [6.07, 6.45) is 1.14. The lowest BCUT2D eigenvalue weighted by Gasteiger charge is -2.07. The Morgan fingerprint density at radius 2 is 2.33 bits per heavy atom. The van der Waals surface area contributed by atoms with E-state index >= 15 is 0 Å². The zero-order valence-corrected chi connectivity index (χ0v) is 11.2. The SMILES string of the molecule is Cc1cc(NC(=O)CNCCCOC(C)C)no1. The molecule has 0 aliphatic rings. The van der Waals surface area contributed by atoms with E-state index < -0.39 is 0 Å². The number of hydrogen-bond donors (Lipinski definition) is 2. The van der Waals surface area contributed by atoms with Crippen LogP contribution in [0.25, 0.3) is 0 Å². The standard InChI is InChI=1S/C12H21N3O3/c1-9(2)17-6-4-5-13-8-12(16)14-11-7-10(3)18-15-11/h7,9,13H,4-6,8H2,1-3H3,(H,14,15,16). The van der Waals surface area contributed by atoms with Crippen LogP contribution in [0.3, 0.4) is 0 Å². The van der Waals surface area contributed by atoms with Crippen LogP contribution in [0.5, 0.6) is 0 Å². The molecule has 0 aromatic carbocycles. The maximum absolute atomic E-state index is 11.5. The number of amides is 1. The minimum Gasteiger partial charge on any atom is -0.379 e. The van der Waals surface area contributed by atoms with Gasteiger partial charge in [-0.2, -0.15) is 0 Å². The molecule has 1 amide bonds. The van der Waals surface area contributed by atoms with Crippen molar-refractivity contribution in [2.24, 2.45) is 0 Å². The van der Waals surface area contributed by atoms with Crippen molar-refractivity contribution < 1.29 is 14.1 Å². The Bertz CT molecular complexity index is 363. The summed E-state index contributed by atoms with van der Waals surface area (Å²) < 4.78 is 10.2. The Kier molecular flexibility index (Phi) is 6.38. The topological polar surface area (TPSA) is 76.4 Å². The zero-order valence-electron chi connectivity index (χ0n) is 11.2. The number of carbonyl (C=O) groups excluding carboxylic acids is 1. The summed E-state index contributed by atoms with van der Waals surface area (Å²) in [5.74, 6) is 0.986. The highest BCUT2D eigenvalue weighted by Crippen LogP contribution is 2.06. The fraction of sp³-hybridized carbons (Fsp3) is 0.667. The second kappa shape index (κ2) is 7.84. The maximum Gasteiger partial charge on any atom is 0.239 e. The molecule has 0 bridgehead atoms. The molecule has 0 saturated carbocycles. The van der Waals surface area contributed by atoms with E-state index in [1.54, 1.807) is 13.0 Å². The summed E-state index contributed by atoms with van der Waals surface area (Å²) in [7, 11) is 0. The molecule has 0 aliphatic carbocycles. The van der Waals surface area contributed by atoms with E-state index in [2.05, 4.69) is 15.8 Å². The summed E-state index contributed by atoms with van der Waals surface area (Å²) in [6, 6.07) is 1.67. The fourth-order valence-electron chi connectivity index (χ4n) is 1.33. The van der Waals surface area contributed by atoms with Crippen molar-refractivity contribution in [3.05, 3.63) is 11.8 Å². The number of rotatable bonds is 8. The van der Waals surface area contributed by atoms with Crippen LogP contribution in [0.15, 0.2) is 10.6 Å². The molecule has 0 spiro atoms. The molecule has 18 heavy (non-hydrogen) atoms. The lowest BCUT2D eigenvalue weighted by Crippen LogP contribution is -2.29. The highest BCUT2D eigenvalue weighted by molar-refractivity contribution is 5.91. The van der Waals surface area contributed by atoms with Gasteiger partial charge in [-0.3, -0.25) is 4.79 Å². The molecule has 0 fully saturated rings. The second-order valence-corrected chi connectivity index (χ2v) is 4.32. The first-order chi connectivity index (χ1) is 8.58. The van der Waals surface area contributed by atoms with Crippen LogP contribution >= 0.6 is 0 Å². The number of hydrogen-bond acceptors (Lipinski definition) is 5. The normalized spacial score (nSPS) is 10.9. The lowest BCUT2D eigenvalue weighted by atomic mass is 10.4. The smallest absolute Gasteiger partial charge is 0.239 e. The Hall–Kier alpha value is -1.40. The Labute approximate surface area is 107 Å². The van der Waals surface area contributed by atoms with Crippen LogP contribution in [0.1, 0.15) is 26.0 Å². The average Bonchev–Trinajstić information content (AvgIpc) is 2.68. The third kappa shape index (κ3) is 6.36. The molecule has 1 rings (SSSR count). The van der Waals surface area contributed by atoms with Gasteiger partial charge in [-0.05, 0) is 33.7 Å². The number of ether oxygens (including phenoxy) is 1. The summed E-state index contributed by atoms with van der Waals surface area (Å²) in [5, 5.41) is 9.35. The van der Waals surface area contributed by atoms with Crippen LogP contribution in [0.2, 0.25) is 0 Å². The zero-order chi connectivity index (χ0) is 13.4. The van der Waals surface area contributed by atoms with Crippen molar-refractivity contribution in [3.8, 4) is 0 Å². The lowest BCUT2D eigenvalue weighted by molar-refractivity contribution is -0.115. The number of nitrogens with one attached hydrogen (secondary N) is 2. The van der Waals surface area contributed by atoms with Gasteiger partial charge in [0.25, 0.3) is 0 Å². The molecule has 0 radical (unpaired) electrons. The second-order valence-electron chi connectivity index (χ2n) is 4.32. The minimum atomic E-state index is -0.131. The molecule has 2 N–H and O–H groups in total. The summed E-state index contributed by atoms with van der Waals surface area (Å²) >= 11 is 0. The van der Waals surface area contributed by atoms with Crippen molar-refractivity contribution in [1.82, 2.24) is 10.5 Å². The van der Waals surface area contributed by atoms with Crippen molar-refractivity contribution in [1.29, 1.82) is 0 Å². The molecular formula is C12H21N3O3. The molecule has 0 unspecified atom stereocenters. The predicted molar refractivity (Wildman–Crippen MR) is 68.4 cm³/mol. The molecule has 102 valence electrons. The van der Waals surface area contributed by atoms with E-state index in [1.165, 1.54) is 0 Å².